The molecule has 0 bridgehead atoms. The van der Waals surface area contributed by atoms with Gasteiger partial charge in [-0.1, -0.05) is 58.0 Å². The smallest absolute Gasteiger partial charge is 0.343 e. The molecule has 5 heteroatoms. The van der Waals surface area contributed by atoms with Gasteiger partial charge in [0, 0.05) is 24.5 Å². The summed E-state index contributed by atoms with van der Waals surface area (Å²) in [6.45, 7) is 12.3. The van der Waals surface area contributed by atoms with Crippen molar-refractivity contribution in [1.82, 2.24) is 0 Å². The van der Waals surface area contributed by atoms with Gasteiger partial charge in [0.05, 0.1) is 5.56 Å². The zero-order valence-corrected chi connectivity index (χ0v) is 21.4. The molecule has 6 atom stereocenters. The second-order valence-electron chi connectivity index (χ2n) is 10.5. The minimum absolute atomic E-state index is 0.0191. The van der Waals surface area contributed by atoms with Gasteiger partial charge in [-0.15, -0.1) is 0 Å². The number of benzene rings is 1. The lowest BCUT2D eigenvalue weighted by atomic mass is 9.47. The highest BCUT2D eigenvalue weighted by atomic mass is 16.5. The Bertz CT molecular complexity index is 1090. The van der Waals surface area contributed by atoms with Crippen LogP contribution < -0.4 is 10.4 Å². The van der Waals surface area contributed by atoms with Crippen molar-refractivity contribution in [1.29, 1.82) is 0 Å². The van der Waals surface area contributed by atoms with Gasteiger partial charge in [0.2, 0.25) is 0 Å². The van der Waals surface area contributed by atoms with E-state index >= 15 is 0 Å². The molecule has 0 N–H and O–H groups in total. The SMILES string of the molecule is CC.CC(=O)OC1CC[C@@]2(C)C(CC[C@@]3(C)Oc4cc(-c5ccccc5)oc(=O)c4CC23)C1C. The lowest BCUT2D eigenvalue weighted by Gasteiger charge is -2.61. The van der Waals surface area contributed by atoms with E-state index in [1.165, 1.54) is 6.92 Å². The summed E-state index contributed by atoms with van der Waals surface area (Å²) in [6, 6.07) is 11.6. The zero-order valence-electron chi connectivity index (χ0n) is 21.4. The topological polar surface area (TPSA) is 65.7 Å². The molecule has 0 spiro atoms. The highest BCUT2D eigenvalue weighted by molar-refractivity contribution is 5.66. The normalized spacial score (nSPS) is 33.7. The fourth-order valence-corrected chi connectivity index (χ4v) is 7.02. The summed E-state index contributed by atoms with van der Waals surface area (Å²) < 4.78 is 18.0. The van der Waals surface area contributed by atoms with Gasteiger partial charge in [-0.3, -0.25) is 4.79 Å². The van der Waals surface area contributed by atoms with Crippen molar-refractivity contribution in [2.24, 2.45) is 23.2 Å². The first kappa shape index (κ1) is 24.6. The standard InChI is InChI=1S/C27H32O5.C2H6/c1-16-20-10-13-27(4)24(26(20,3)12-11-21(16)30-17(2)28)14-19-23(32-27)15-22(31-25(19)29)18-8-6-5-7-9-18;1-2/h5-9,15-16,20-21,24H,10-14H2,1-4H3;1-2H3/t16?,20?,21?,24?,26-,27+;/m0./s1. The summed E-state index contributed by atoms with van der Waals surface area (Å²) in [5, 5.41) is 0. The average molecular weight is 467 g/mol. The number of fused-ring (bicyclic) bond motifs is 4. The summed E-state index contributed by atoms with van der Waals surface area (Å²) in [5.41, 5.74) is 0.926. The summed E-state index contributed by atoms with van der Waals surface area (Å²) in [7, 11) is 0. The van der Waals surface area contributed by atoms with Gasteiger partial charge >= 0.3 is 11.6 Å². The average Bonchev–Trinajstić information content (AvgIpc) is 2.81. The zero-order chi connectivity index (χ0) is 24.7. The van der Waals surface area contributed by atoms with Crippen molar-refractivity contribution in [3.05, 3.63) is 52.4 Å². The molecule has 184 valence electrons. The maximum Gasteiger partial charge on any atom is 0.343 e. The number of hydrogen-bond acceptors (Lipinski definition) is 5. The summed E-state index contributed by atoms with van der Waals surface area (Å²) in [6.07, 6.45) is 4.42. The number of rotatable bonds is 2. The highest BCUT2D eigenvalue weighted by Crippen LogP contribution is 2.61. The molecule has 34 heavy (non-hydrogen) atoms. The predicted molar refractivity (Wildman–Crippen MR) is 133 cm³/mol. The molecule has 5 nitrogen and oxygen atoms in total. The molecule has 4 unspecified atom stereocenters. The van der Waals surface area contributed by atoms with E-state index in [1.54, 1.807) is 0 Å². The first-order valence-electron chi connectivity index (χ1n) is 12.8. The fourth-order valence-electron chi connectivity index (χ4n) is 7.02. The first-order chi connectivity index (χ1) is 16.2. The van der Waals surface area contributed by atoms with E-state index in [4.69, 9.17) is 13.9 Å². The van der Waals surface area contributed by atoms with Gasteiger partial charge in [-0.05, 0) is 56.3 Å². The third-order valence-electron chi connectivity index (χ3n) is 8.66. The van der Waals surface area contributed by atoms with E-state index in [0.717, 1.165) is 31.2 Å². The van der Waals surface area contributed by atoms with E-state index < -0.39 is 0 Å². The third-order valence-corrected chi connectivity index (χ3v) is 8.66. The lowest BCUT2D eigenvalue weighted by molar-refractivity contribution is -0.180. The number of ether oxygens (including phenoxy) is 2. The molecule has 3 aliphatic rings. The second kappa shape index (κ2) is 9.24. The van der Waals surface area contributed by atoms with Crippen molar-refractivity contribution >= 4 is 5.97 Å². The van der Waals surface area contributed by atoms with Crippen LogP contribution in [0, 0.1) is 23.2 Å². The largest absolute Gasteiger partial charge is 0.487 e. The third kappa shape index (κ3) is 4.08. The number of carbonyl (C=O) groups is 1. The van der Waals surface area contributed by atoms with Crippen molar-refractivity contribution in [2.75, 3.05) is 0 Å². The van der Waals surface area contributed by atoms with Gasteiger partial charge in [-0.25, -0.2) is 4.79 Å². The number of carbonyl (C=O) groups excluding carboxylic acids is 1. The molecule has 0 saturated heterocycles. The van der Waals surface area contributed by atoms with Gasteiger partial charge in [-0.2, -0.15) is 0 Å². The molecule has 2 aromatic rings. The van der Waals surface area contributed by atoms with Crippen molar-refractivity contribution < 1.29 is 18.7 Å². The fraction of sp³-hybridized carbons (Fsp3) is 0.586. The van der Waals surface area contributed by atoms with E-state index in [0.29, 0.717) is 35.3 Å². The predicted octanol–water partition coefficient (Wildman–Crippen LogP) is 6.42. The van der Waals surface area contributed by atoms with Crippen LogP contribution in [0.15, 0.2) is 45.6 Å². The summed E-state index contributed by atoms with van der Waals surface area (Å²) in [4.78, 5) is 24.6. The highest BCUT2D eigenvalue weighted by Gasteiger charge is 2.60. The Morgan fingerprint density at radius 2 is 1.79 bits per heavy atom. The quantitative estimate of drug-likeness (QED) is 0.478. The van der Waals surface area contributed by atoms with Gasteiger partial charge in [0.1, 0.15) is 23.2 Å². The minimum atomic E-state index is -0.325. The molecule has 2 fully saturated rings. The number of esters is 1. The van der Waals surface area contributed by atoms with Gasteiger partial charge < -0.3 is 13.9 Å². The van der Waals surface area contributed by atoms with Crippen molar-refractivity contribution in [2.45, 2.75) is 85.4 Å². The molecule has 1 aromatic carbocycles. The molecule has 1 aliphatic heterocycles. The minimum Gasteiger partial charge on any atom is -0.487 e. The Morgan fingerprint density at radius 3 is 2.47 bits per heavy atom. The van der Waals surface area contributed by atoms with Crippen LogP contribution in [-0.4, -0.2) is 17.7 Å². The molecule has 2 saturated carbocycles. The van der Waals surface area contributed by atoms with E-state index in [2.05, 4.69) is 20.8 Å². The van der Waals surface area contributed by atoms with Crippen LogP contribution in [0.4, 0.5) is 0 Å². The van der Waals surface area contributed by atoms with Crippen molar-refractivity contribution in [3.63, 3.8) is 0 Å². The molecule has 0 amide bonds. The molecule has 5 rings (SSSR count). The van der Waals surface area contributed by atoms with Gasteiger partial charge in [0.25, 0.3) is 0 Å². The first-order valence-corrected chi connectivity index (χ1v) is 12.8. The second-order valence-corrected chi connectivity index (χ2v) is 10.5. The lowest BCUT2D eigenvalue weighted by Crippen LogP contribution is -2.62. The summed E-state index contributed by atoms with van der Waals surface area (Å²) in [5.74, 6) is 1.95. The van der Waals surface area contributed by atoms with Crippen LogP contribution in [0.3, 0.4) is 0 Å². The molecule has 2 heterocycles. The van der Waals surface area contributed by atoms with Crippen LogP contribution in [0.1, 0.15) is 72.8 Å². The summed E-state index contributed by atoms with van der Waals surface area (Å²) >= 11 is 0. The Kier molecular flexibility index (Phi) is 6.67. The number of hydrogen-bond donors (Lipinski definition) is 0. The molecular weight excluding hydrogens is 428 g/mol. The Balaban J connectivity index is 0.00000133. The van der Waals surface area contributed by atoms with E-state index in [9.17, 15) is 9.59 Å². The van der Waals surface area contributed by atoms with E-state index in [-0.39, 0.29) is 34.6 Å². The molecule has 2 aliphatic carbocycles. The molecule has 0 radical (unpaired) electrons. The Hall–Kier alpha value is -2.56. The van der Waals surface area contributed by atoms with Crippen LogP contribution in [0.2, 0.25) is 0 Å². The van der Waals surface area contributed by atoms with Crippen LogP contribution in [0.25, 0.3) is 11.3 Å². The van der Waals surface area contributed by atoms with E-state index in [1.807, 2.05) is 50.2 Å². The molecule has 1 aromatic heterocycles. The Morgan fingerprint density at radius 1 is 1.09 bits per heavy atom. The van der Waals surface area contributed by atoms with Crippen LogP contribution in [-0.2, 0) is 16.0 Å². The monoisotopic (exact) mass is 466 g/mol. The maximum atomic E-state index is 13.0. The van der Waals surface area contributed by atoms with Crippen LogP contribution in [0.5, 0.6) is 5.75 Å². The van der Waals surface area contributed by atoms with Crippen molar-refractivity contribution in [3.8, 4) is 17.1 Å². The van der Waals surface area contributed by atoms with Crippen LogP contribution >= 0.6 is 0 Å². The maximum absolute atomic E-state index is 13.0. The Labute approximate surface area is 202 Å². The van der Waals surface area contributed by atoms with Gasteiger partial charge in [0.15, 0.2) is 0 Å². The molecular formula is C29H38O5.